The summed E-state index contributed by atoms with van der Waals surface area (Å²) in [6.07, 6.45) is 0. The summed E-state index contributed by atoms with van der Waals surface area (Å²) < 4.78 is 16.8. The summed E-state index contributed by atoms with van der Waals surface area (Å²) in [4.78, 5) is 23.6. The predicted octanol–water partition coefficient (Wildman–Crippen LogP) is 5.68. The van der Waals surface area contributed by atoms with E-state index in [1.54, 1.807) is 26.0 Å². The minimum atomic E-state index is -0.465. The summed E-state index contributed by atoms with van der Waals surface area (Å²) in [6.45, 7) is 17.8. The minimum absolute atomic E-state index is 0.334. The quantitative estimate of drug-likeness (QED) is 0.359. The zero-order chi connectivity index (χ0) is 21.9. The molecule has 2 aromatic carbocycles. The third-order valence-corrected chi connectivity index (χ3v) is 4.27. The number of ether oxygens (including phenoxy) is 3. The Morgan fingerprint density at radius 2 is 0.897 bits per heavy atom. The zero-order valence-electron chi connectivity index (χ0n) is 17.8. The number of esters is 2. The fourth-order valence-corrected chi connectivity index (χ4v) is 2.46. The van der Waals surface area contributed by atoms with Crippen molar-refractivity contribution in [3.8, 4) is 23.0 Å². The monoisotopic (exact) mass is 394 g/mol. The molecule has 0 aliphatic carbocycles. The second-order valence-electron chi connectivity index (χ2n) is 7.21. The van der Waals surface area contributed by atoms with Gasteiger partial charge < -0.3 is 14.2 Å². The Kier molecular flexibility index (Phi) is 6.64. The van der Waals surface area contributed by atoms with E-state index in [-0.39, 0.29) is 0 Å². The van der Waals surface area contributed by atoms with Gasteiger partial charge in [0.2, 0.25) is 0 Å². The van der Waals surface area contributed by atoms with Gasteiger partial charge in [0.25, 0.3) is 0 Å². The lowest BCUT2D eigenvalue weighted by Crippen LogP contribution is -2.09. The van der Waals surface area contributed by atoms with Crippen molar-refractivity contribution >= 4 is 11.9 Å². The highest BCUT2D eigenvalue weighted by Crippen LogP contribution is 2.35. The highest BCUT2D eigenvalue weighted by molar-refractivity contribution is 5.89. The normalized spacial score (nSPS) is 10.3. The molecule has 0 saturated heterocycles. The summed E-state index contributed by atoms with van der Waals surface area (Å²) in [5.74, 6) is 1.30. The van der Waals surface area contributed by atoms with Gasteiger partial charge in [0, 0.05) is 11.1 Å². The molecule has 0 aliphatic heterocycles. The molecule has 0 bridgehead atoms. The average Bonchev–Trinajstić information content (AvgIpc) is 2.62. The molecule has 0 aromatic heterocycles. The molecule has 0 amide bonds. The van der Waals surface area contributed by atoms with Crippen LogP contribution in [0.4, 0.5) is 0 Å². The van der Waals surface area contributed by atoms with Crippen LogP contribution in [0.1, 0.15) is 36.1 Å². The maximum atomic E-state index is 11.8. The molecule has 0 spiro atoms. The summed E-state index contributed by atoms with van der Waals surface area (Å²) in [5, 5.41) is 0. The van der Waals surface area contributed by atoms with Crippen LogP contribution in [0.15, 0.2) is 48.6 Å². The lowest BCUT2D eigenvalue weighted by Gasteiger charge is -2.16. The first-order chi connectivity index (χ1) is 13.5. The second-order valence-corrected chi connectivity index (χ2v) is 7.21. The lowest BCUT2D eigenvalue weighted by atomic mass is 10.1. The Hall–Kier alpha value is -3.34. The molecule has 2 rings (SSSR count). The highest BCUT2D eigenvalue weighted by Gasteiger charge is 2.15. The van der Waals surface area contributed by atoms with E-state index in [0.29, 0.717) is 34.1 Å². The molecule has 0 N–H and O–H groups in total. The van der Waals surface area contributed by atoms with Crippen LogP contribution >= 0.6 is 0 Å². The molecule has 0 radical (unpaired) electrons. The number of hydrogen-bond acceptors (Lipinski definition) is 5. The predicted molar refractivity (Wildman–Crippen MR) is 113 cm³/mol. The number of benzene rings is 2. The SMILES string of the molecule is C=C(C)C(=O)Oc1cc(C)c(Oc2cc(C)c(OC(=O)C(=C)C)cc2C)cc1C. The molecule has 0 atom stereocenters. The molecular formula is C24H26O5. The number of carbonyl (C=O) groups is 2. The first-order valence-corrected chi connectivity index (χ1v) is 9.15. The number of carbonyl (C=O) groups excluding carboxylic acids is 2. The molecular weight excluding hydrogens is 368 g/mol. The number of aryl methyl sites for hydroxylation is 4. The summed E-state index contributed by atoms with van der Waals surface area (Å²) in [7, 11) is 0. The molecule has 0 saturated carbocycles. The van der Waals surface area contributed by atoms with Gasteiger partial charge in [-0.25, -0.2) is 9.59 Å². The van der Waals surface area contributed by atoms with Crippen molar-refractivity contribution < 1.29 is 23.8 Å². The number of hydrogen-bond donors (Lipinski definition) is 0. The van der Waals surface area contributed by atoms with E-state index < -0.39 is 11.9 Å². The van der Waals surface area contributed by atoms with Gasteiger partial charge in [0.15, 0.2) is 0 Å². The third-order valence-electron chi connectivity index (χ3n) is 4.27. The van der Waals surface area contributed by atoms with E-state index in [4.69, 9.17) is 14.2 Å². The van der Waals surface area contributed by atoms with Gasteiger partial charge >= 0.3 is 11.9 Å². The summed E-state index contributed by atoms with van der Waals surface area (Å²) in [6, 6.07) is 7.16. The highest BCUT2D eigenvalue weighted by atomic mass is 16.5. The largest absolute Gasteiger partial charge is 0.457 e. The van der Waals surface area contributed by atoms with E-state index in [0.717, 1.165) is 22.3 Å². The number of rotatable bonds is 6. The third kappa shape index (κ3) is 5.35. The van der Waals surface area contributed by atoms with Crippen LogP contribution in [0.25, 0.3) is 0 Å². The van der Waals surface area contributed by atoms with Crippen LogP contribution in [0.2, 0.25) is 0 Å². The molecule has 0 aliphatic rings. The topological polar surface area (TPSA) is 61.8 Å². The summed E-state index contributed by atoms with van der Waals surface area (Å²) in [5.41, 5.74) is 3.83. The fraction of sp³-hybridized carbons (Fsp3) is 0.250. The smallest absolute Gasteiger partial charge is 0.338 e. The van der Waals surface area contributed by atoms with Gasteiger partial charge in [-0.3, -0.25) is 0 Å². The Morgan fingerprint density at radius 1 is 0.621 bits per heavy atom. The van der Waals surface area contributed by atoms with Crippen LogP contribution < -0.4 is 14.2 Å². The first-order valence-electron chi connectivity index (χ1n) is 9.15. The second kappa shape index (κ2) is 8.78. The van der Waals surface area contributed by atoms with Gasteiger partial charge in [0.05, 0.1) is 0 Å². The molecule has 0 fully saturated rings. The average molecular weight is 394 g/mol. The van der Waals surface area contributed by atoms with Crippen molar-refractivity contribution in [1.29, 1.82) is 0 Å². The van der Waals surface area contributed by atoms with Crippen molar-refractivity contribution in [2.75, 3.05) is 0 Å². The Balaban J connectivity index is 2.30. The lowest BCUT2D eigenvalue weighted by molar-refractivity contribution is -0.131. The van der Waals surface area contributed by atoms with Gasteiger partial charge in [-0.15, -0.1) is 0 Å². The van der Waals surface area contributed by atoms with Gasteiger partial charge in [-0.05, 0) is 88.1 Å². The maximum absolute atomic E-state index is 11.8. The minimum Gasteiger partial charge on any atom is -0.457 e. The maximum Gasteiger partial charge on any atom is 0.338 e. The van der Waals surface area contributed by atoms with Crippen molar-refractivity contribution in [1.82, 2.24) is 0 Å². The molecule has 152 valence electrons. The van der Waals surface area contributed by atoms with Gasteiger partial charge in [-0.1, -0.05) is 13.2 Å². The standard InChI is InChI=1S/C24H26O5/c1-13(2)23(25)28-21-11-15(5)19(9-17(21)7)27-20-10-18(8)22(12-16(20)6)29-24(26)14(3)4/h9-12H,1,3H2,2,4-8H3. The van der Waals surface area contributed by atoms with E-state index in [1.807, 2.05) is 39.8 Å². The van der Waals surface area contributed by atoms with Crippen molar-refractivity contribution in [2.45, 2.75) is 41.5 Å². The first kappa shape index (κ1) is 22.0. The van der Waals surface area contributed by atoms with Crippen molar-refractivity contribution in [2.24, 2.45) is 0 Å². The van der Waals surface area contributed by atoms with E-state index in [1.165, 1.54) is 0 Å². The van der Waals surface area contributed by atoms with Crippen molar-refractivity contribution in [3.05, 3.63) is 70.8 Å². The molecule has 5 heteroatoms. The molecule has 5 nitrogen and oxygen atoms in total. The van der Waals surface area contributed by atoms with Crippen LogP contribution in [0, 0.1) is 27.7 Å². The Bertz CT molecular complexity index is 933. The Morgan fingerprint density at radius 3 is 1.21 bits per heavy atom. The van der Waals surface area contributed by atoms with Crippen LogP contribution in [-0.4, -0.2) is 11.9 Å². The van der Waals surface area contributed by atoms with Crippen molar-refractivity contribution in [3.63, 3.8) is 0 Å². The Labute approximate surface area is 171 Å². The van der Waals surface area contributed by atoms with E-state index >= 15 is 0 Å². The van der Waals surface area contributed by atoms with E-state index in [9.17, 15) is 9.59 Å². The van der Waals surface area contributed by atoms with Crippen LogP contribution in [-0.2, 0) is 9.59 Å². The molecule has 0 heterocycles. The van der Waals surface area contributed by atoms with E-state index in [2.05, 4.69) is 13.2 Å². The van der Waals surface area contributed by atoms with Gasteiger partial charge in [-0.2, -0.15) is 0 Å². The van der Waals surface area contributed by atoms with Crippen LogP contribution in [0.5, 0.6) is 23.0 Å². The zero-order valence-corrected chi connectivity index (χ0v) is 17.8. The molecule has 29 heavy (non-hydrogen) atoms. The molecule has 2 aromatic rings. The van der Waals surface area contributed by atoms with Crippen LogP contribution in [0.3, 0.4) is 0 Å². The molecule has 0 unspecified atom stereocenters. The van der Waals surface area contributed by atoms with Gasteiger partial charge in [0.1, 0.15) is 23.0 Å². The summed E-state index contributed by atoms with van der Waals surface area (Å²) >= 11 is 0. The fourth-order valence-electron chi connectivity index (χ4n) is 2.46.